The molecule has 0 saturated carbocycles. The van der Waals surface area contributed by atoms with Crippen LogP contribution in [0.25, 0.3) is 0 Å². The van der Waals surface area contributed by atoms with Gasteiger partial charge in [-0.1, -0.05) is 6.07 Å². The number of pyridine rings is 1. The monoisotopic (exact) mass is 261 g/mol. The largest absolute Gasteiger partial charge is 0.359 e. The van der Waals surface area contributed by atoms with Crippen molar-refractivity contribution in [3.05, 3.63) is 46.3 Å². The molecule has 0 saturated heterocycles. The molecule has 0 aliphatic carbocycles. The lowest BCUT2D eigenvalue weighted by molar-refractivity contribution is 0.807. The predicted octanol–water partition coefficient (Wildman–Crippen LogP) is 2.84. The molecule has 3 nitrogen and oxygen atoms in total. The van der Waals surface area contributed by atoms with Crippen molar-refractivity contribution < 1.29 is 0 Å². The second-order valence-electron chi connectivity index (χ2n) is 4.49. The van der Waals surface area contributed by atoms with Crippen molar-refractivity contribution in [1.29, 1.82) is 0 Å². The van der Waals surface area contributed by atoms with Crippen molar-refractivity contribution in [1.82, 2.24) is 4.98 Å². The fourth-order valence-corrected chi connectivity index (χ4v) is 2.47. The number of nitrogens with two attached hydrogens (primary N) is 1. The number of hydrogen-bond acceptors (Lipinski definition) is 4. The lowest BCUT2D eigenvalue weighted by Crippen LogP contribution is -2.21. The lowest BCUT2D eigenvalue weighted by Gasteiger charge is -2.19. The Kier molecular flexibility index (Phi) is 4.33. The first kappa shape index (κ1) is 13.1. The Hall–Kier alpha value is -1.39. The highest BCUT2D eigenvalue weighted by Crippen LogP contribution is 2.17. The van der Waals surface area contributed by atoms with Crippen LogP contribution >= 0.6 is 11.3 Å². The van der Waals surface area contributed by atoms with E-state index in [-0.39, 0.29) is 6.04 Å². The Morgan fingerprint density at radius 2 is 2.28 bits per heavy atom. The smallest absolute Gasteiger partial charge is 0.128 e. The van der Waals surface area contributed by atoms with Gasteiger partial charge in [0.15, 0.2) is 0 Å². The molecule has 2 heterocycles. The zero-order valence-electron chi connectivity index (χ0n) is 10.8. The average molecular weight is 261 g/mol. The zero-order chi connectivity index (χ0) is 13.0. The summed E-state index contributed by atoms with van der Waals surface area (Å²) in [6, 6.07) is 8.36. The maximum Gasteiger partial charge on any atom is 0.128 e. The van der Waals surface area contributed by atoms with Crippen molar-refractivity contribution in [2.75, 3.05) is 18.5 Å². The van der Waals surface area contributed by atoms with Gasteiger partial charge < -0.3 is 10.6 Å². The predicted molar refractivity (Wildman–Crippen MR) is 78.1 cm³/mol. The molecule has 0 amide bonds. The van der Waals surface area contributed by atoms with Crippen molar-refractivity contribution in [3.8, 4) is 0 Å². The van der Waals surface area contributed by atoms with E-state index in [0.29, 0.717) is 0 Å². The van der Waals surface area contributed by atoms with E-state index in [4.69, 9.17) is 5.73 Å². The molecule has 96 valence electrons. The van der Waals surface area contributed by atoms with Gasteiger partial charge in [-0.2, -0.15) is 0 Å². The van der Waals surface area contributed by atoms with Crippen LogP contribution in [0, 0.1) is 0 Å². The first-order valence-corrected chi connectivity index (χ1v) is 7.00. The van der Waals surface area contributed by atoms with Gasteiger partial charge in [-0.25, -0.2) is 4.98 Å². The lowest BCUT2D eigenvalue weighted by atomic mass is 10.1. The van der Waals surface area contributed by atoms with Crippen LogP contribution in [0.2, 0.25) is 0 Å². The maximum atomic E-state index is 5.89. The standard InChI is InChI=1S/C14H19N3S/c1-11(15)12-5-7-16-14(10-12)17(2)8-6-13-4-3-9-18-13/h3-5,7,9-11H,6,8,15H2,1-2H3. The van der Waals surface area contributed by atoms with E-state index < -0.39 is 0 Å². The molecule has 0 spiro atoms. The summed E-state index contributed by atoms with van der Waals surface area (Å²) in [7, 11) is 2.07. The summed E-state index contributed by atoms with van der Waals surface area (Å²) in [6.45, 7) is 2.96. The van der Waals surface area contributed by atoms with Crippen molar-refractivity contribution in [2.24, 2.45) is 5.73 Å². The van der Waals surface area contributed by atoms with E-state index >= 15 is 0 Å². The highest BCUT2D eigenvalue weighted by molar-refractivity contribution is 7.09. The van der Waals surface area contributed by atoms with Crippen LogP contribution in [0.5, 0.6) is 0 Å². The maximum absolute atomic E-state index is 5.89. The average Bonchev–Trinajstić information content (AvgIpc) is 2.89. The van der Waals surface area contributed by atoms with Crippen LogP contribution in [0.3, 0.4) is 0 Å². The summed E-state index contributed by atoms with van der Waals surface area (Å²) in [5, 5.41) is 2.12. The zero-order valence-corrected chi connectivity index (χ0v) is 11.7. The number of hydrogen-bond donors (Lipinski definition) is 1. The van der Waals surface area contributed by atoms with Gasteiger partial charge in [0.1, 0.15) is 5.82 Å². The Bertz CT molecular complexity index is 480. The Labute approximate surface area is 112 Å². The van der Waals surface area contributed by atoms with Crippen molar-refractivity contribution >= 4 is 17.2 Å². The third-order valence-electron chi connectivity index (χ3n) is 2.96. The minimum atomic E-state index is 0.0532. The molecule has 1 atom stereocenters. The van der Waals surface area contributed by atoms with Crippen LogP contribution in [-0.2, 0) is 6.42 Å². The number of thiophene rings is 1. The topological polar surface area (TPSA) is 42.1 Å². The fraction of sp³-hybridized carbons (Fsp3) is 0.357. The van der Waals surface area contributed by atoms with Gasteiger partial charge in [0.2, 0.25) is 0 Å². The van der Waals surface area contributed by atoms with Crippen molar-refractivity contribution in [3.63, 3.8) is 0 Å². The van der Waals surface area contributed by atoms with Gasteiger partial charge in [-0.15, -0.1) is 11.3 Å². The summed E-state index contributed by atoms with van der Waals surface area (Å²) < 4.78 is 0. The van der Waals surface area contributed by atoms with Crippen LogP contribution < -0.4 is 10.6 Å². The van der Waals surface area contributed by atoms with E-state index in [1.807, 2.05) is 19.2 Å². The fourth-order valence-electron chi connectivity index (χ4n) is 1.77. The Balaban J connectivity index is 1.99. The van der Waals surface area contributed by atoms with E-state index in [1.165, 1.54) is 4.88 Å². The Morgan fingerprint density at radius 3 is 2.94 bits per heavy atom. The molecule has 4 heteroatoms. The van der Waals surface area contributed by atoms with Crippen LogP contribution in [0.1, 0.15) is 23.4 Å². The molecule has 2 aromatic rings. The number of nitrogens with zero attached hydrogens (tertiary/aromatic N) is 2. The Morgan fingerprint density at radius 1 is 1.44 bits per heavy atom. The summed E-state index contributed by atoms with van der Waals surface area (Å²) in [4.78, 5) is 7.98. The molecule has 2 N–H and O–H groups in total. The second kappa shape index (κ2) is 5.98. The van der Waals surface area contributed by atoms with Gasteiger partial charge in [0.05, 0.1) is 0 Å². The van der Waals surface area contributed by atoms with Gasteiger partial charge in [0.25, 0.3) is 0 Å². The molecule has 2 aromatic heterocycles. The number of rotatable bonds is 5. The normalized spacial score (nSPS) is 12.4. The molecule has 0 aliphatic heterocycles. The molecule has 0 aliphatic rings. The van der Waals surface area contributed by atoms with Crippen LogP contribution in [0.4, 0.5) is 5.82 Å². The summed E-state index contributed by atoms with van der Waals surface area (Å²) in [6.07, 6.45) is 2.88. The molecule has 0 aromatic carbocycles. The number of aromatic nitrogens is 1. The van der Waals surface area contributed by atoms with Crippen LogP contribution in [-0.4, -0.2) is 18.6 Å². The molecular formula is C14H19N3S. The molecule has 0 bridgehead atoms. The molecule has 0 radical (unpaired) electrons. The summed E-state index contributed by atoms with van der Waals surface area (Å²) in [5.41, 5.74) is 7.02. The molecule has 0 fully saturated rings. The van der Waals surface area contributed by atoms with Gasteiger partial charge in [0, 0.05) is 30.7 Å². The third-order valence-corrected chi connectivity index (χ3v) is 3.90. The molecule has 18 heavy (non-hydrogen) atoms. The highest BCUT2D eigenvalue weighted by atomic mass is 32.1. The van der Waals surface area contributed by atoms with Crippen molar-refractivity contribution in [2.45, 2.75) is 19.4 Å². The molecule has 1 unspecified atom stereocenters. The minimum absolute atomic E-state index is 0.0532. The minimum Gasteiger partial charge on any atom is -0.359 e. The quantitative estimate of drug-likeness (QED) is 0.900. The van der Waals surface area contributed by atoms with Gasteiger partial charge in [-0.05, 0) is 42.5 Å². The second-order valence-corrected chi connectivity index (χ2v) is 5.52. The van der Waals surface area contributed by atoms with E-state index in [9.17, 15) is 0 Å². The van der Waals surface area contributed by atoms with E-state index in [1.54, 1.807) is 11.3 Å². The molecular weight excluding hydrogens is 242 g/mol. The summed E-state index contributed by atoms with van der Waals surface area (Å²) >= 11 is 1.80. The highest BCUT2D eigenvalue weighted by Gasteiger charge is 2.06. The third kappa shape index (κ3) is 3.31. The first-order chi connectivity index (χ1) is 8.66. The van der Waals surface area contributed by atoms with Crippen LogP contribution in [0.15, 0.2) is 35.8 Å². The molecule has 2 rings (SSSR count). The van der Waals surface area contributed by atoms with E-state index in [0.717, 1.165) is 24.3 Å². The van der Waals surface area contributed by atoms with Gasteiger partial charge in [-0.3, -0.25) is 0 Å². The SMILES string of the molecule is CC(N)c1ccnc(N(C)CCc2cccs2)c1. The van der Waals surface area contributed by atoms with Gasteiger partial charge >= 0.3 is 0 Å². The first-order valence-electron chi connectivity index (χ1n) is 6.12. The summed E-state index contributed by atoms with van der Waals surface area (Å²) in [5.74, 6) is 0.987. The number of anilines is 1. The number of likely N-dealkylation sites (N-methyl/N-ethyl adjacent to an activating group) is 1. The van der Waals surface area contributed by atoms with E-state index in [2.05, 4.69) is 40.5 Å².